The fourth-order valence-electron chi connectivity index (χ4n) is 2.04. The second-order valence-electron chi connectivity index (χ2n) is 5.52. The summed E-state index contributed by atoms with van der Waals surface area (Å²) in [6.45, 7) is 0.319. The highest BCUT2D eigenvalue weighted by Gasteiger charge is 2.23. The van der Waals surface area contributed by atoms with Crippen molar-refractivity contribution in [2.75, 3.05) is 31.3 Å². The SMILES string of the molecule is CN(C)c1ccc(N)cc1C(=O)NCCC(=O)NC1CC1. The van der Waals surface area contributed by atoms with Crippen LogP contribution in [0.1, 0.15) is 29.6 Å². The first-order valence-corrected chi connectivity index (χ1v) is 7.12. The van der Waals surface area contributed by atoms with Gasteiger partial charge in [0.2, 0.25) is 5.91 Å². The summed E-state index contributed by atoms with van der Waals surface area (Å²) < 4.78 is 0. The molecule has 0 aromatic heterocycles. The van der Waals surface area contributed by atoms with Gasteiger partial charge in [0.15, 0.2) is 0 Å². The van der Waals surface area contributed by atoms with Crippen molar-refractivity contribution in [3.63, 3.8) is 0 Å². The van der Waals surface area contributed by atoms with Crippen LogP contribution in [-0.4, -0.2) is 38.5 Å². The van der Waals surface area contributed by atoms with Gasteiger partial charge in [-0.3, -0.25) is 9.59 Å². The van der Waals surface area contributed by atoms with Crippen molar-refractivity contribution in [3.8, 4) is 0 Å². The van der Waals surface area contributed by atoms with E-state index in [2.05, 4.69) is 10.6 Å². The van der Waals surface area contributed by atoms with E-state index in [1.54, 1.807) is 12.1 Å². The highest BCUT2D eigenvalue weighted by atomic mass is 16.2. The van der Waals surface area contributed by atoms with Gasteiger partial charge in [-0.1, -0.05) is 0 Å². The Kier molecular flexibility index (Phi) is 4.67. The lowest BCUT2D eigenvalue weighted by atomic mass is 10.1. The smallest absolute Gasteiger partial charge is 0.253 e. The molecule has 1 aromatic carbocycles. The van der Waals surface area contributed by atoms with Gasteiger partial charge < -0.3 is 21.3 Å². The average molecular weight is 290 g/mol. The Morgan fingerprint density at radius 1 is 1.33 bits per heavy atom. The maximum absolute atomic E-state index is 12.2. The Labute approximate surface area is 124 Å². The van der Waals surface area contributed by atoms with Crippen LogP contribution in [0.2, 0.25) is 0 Å². The van der Waals surface area contributed by atoms with E-state index in [1.165, 1.54) is 0 Å². The number of nitrogens with zero attached hydrogens (tertiary/aromatic N) is 1. The van der Waals surface area contributed by atoms with E-state index < -0.39 is 0 Å². The topological polar surface area (TPSA) is 87.5 Å². The number of benzene rings is 1. The molecule has 2 rings (SSSR count). The molecule has 0 atom stereocenters. The van der Waals surface area contributed by atoms with E-state index in [0.29, 0.717) is 30.3 Å². The summed E-state index contributed by atoms with van der Waals surface area (Å²) in [5.41, 5.74) is 7.59. The van der Waals surface area contributed by atoms with Crippen LogP contribution in [0.4, 0.5) is 11.4 Å². The molecule has 114 valence electrons. The lowest BCUT2D eigenvalue weighted by molar-refractivity contribution is -0.121. The summed E-state index contributed by atoms with van der Waals surface area (Å²) in [4.78, 5) is 25.6. The minimum atomic E-state index is -0.217. The quantitative estimate of drug-likeness (QED) is 0.674. The zero-order valence-corrected chi connectivity index (χ0v) is 12.5. The molecular weight excluding hydrogens is 268 g/mol. The molecule has 0 spiro atoms. The molecule has 0 bridgehead atoms. The summed E-state index contributed by atoms with van der Waals surface area (Å²) in [7, 11) is 3.73. The second-order valence-corrected chi connectivity index (χ2v) is 5.52. The zero-order chi connectivity index (χ0) is 15.4. The summed E-state index contributed by atoms with van der Waals surface area (Å²) in [6.07, 6.45) is 2.42. The molecule has 6 nitrogen and oxygen atoms in total. The van der Waals surface area contributed by atoms with Crippen LogP contribution in [0.5, 0.6) is 0 Å². The van der Waals surface area contributed by atoms with Crippen LogP contribution >= 0.6 is 0 Å². The first kappa shape index (κ1) is 15.2. The van der Waals surface area contributed by atoms with Crippen molar-refractivity contribution in [3.05, 3.63) is 23.8 Å². The van der Waals surface area contributed by atoms with Crippen LogP contribution in [0.3, 0.4) is 0 Å². The van der Waals surface area contributed by atoms with Crippen molar-refractivity contribution in [2.45, 2.75) is 25.3 Å². The largest absolute Gasteiger partial charge is 0.399 e. The fourth-order valence-corrected chi connectivity index (χ4v) is 2.04. The van der Waals surface area contributed by atoms with Gasteiger partial charge in [-0.15, -0.1) is 0 Å². The molecule has 6 heteroatoms. The van der Waals surface area contributed by atoms with Crippen molar-refractivity contribution in [2.24, 2.45) is 0 Å². The summed E-state index contributed by atoms with van der Waals surface area (Å²) in [6, 6.07) is 5.57. The molecule has 0 radical (unpaired) electrons. The van der Waals surface area contributed by atoms with Gasteiger partial charge in [0, 0.05) is 44.5 Å². The number of hydrogen-bond donors (Lipinski definition) is 3. The zero-order valence-electron chi connectivity index (χ0n) is 12.5. The van der Waals surface area contributed by atoms with E-state index in [4.69, 9.17) is 5.73 Å². The second kappa shape index (κ2) is 6.47. The number of nitrogens with one attached hydrogen (secondary N) is 2. The van der Waals surface area contributed by atoms with E-state index >= 15 is 0 Å². The van der Waals surface area contributed by atoms with E-state index in [1.807, 2.05) is 25.1 Å². The maximum Gasteiger partial charge on any atom is 0.253 e. The Morgan fingerprint density at radius 3 is 2.67 bits per heavy atom. The standard InChI is InChI=1S/C15H22N4O2/c1-19(2)13-6-3-10(16)9-12(13)15(21)17-8-7-14(20)18-11-4-5-11/h3,6,9,11H,4-5,7-8,16H2,1-2H3,(H,17,21)(H,18,20). The van der Waals surface area contributed by atoms with Crippen LogP contribution in [0, 0.1) is 0 Å². The monoisotopic (exact) mass is 290 g/mol. The van der Waals surface area contributed by atoms with Crippen molar-refractivity contribution >= 4 is 23.2 Å². The van der Waals surface area contributed by atoms with Crippen LogP contribution in [0.15, 0.2) is 18.2 Å². The maximum atomic E-state index is 12.2. The molecule has 1 fully saturated rings. The first-order chi connectivity index (χ1) is 9.97. The van der Waals surface area contributed by atoms with Gasteiger partial charge in [-0.2, -0.15) is 0 Å². The molecule has 0 heterocycles. The highest BCUT2D eigenvalue weighted by molar-refractivity contribution is 6.00. The third kappa shape index (κ3) is 4.37. The average Bonchev–Trinajstić information content (AvgIpc) is 3.21. The number of anilines is 2. The van der Waals surface area contributed by atoms with Crippen LogP contribution in [-0.2, 0) is 4.79 Å². The molecule has 0 saturated heterocycles. The Bertz CT molecular complexity index is 538. The number of rotatable bonds is 6. The Morgan fingerprint density at radius 2 is 2.05 bits per heavy atom. The minimum absolute atomic E-state index is 0.0155. The van der Waals surface area contributed by atoms with Gasteiger partial charge in [-0.25, -0.2) is 0 Å². The molecule has 1 aliphatic carbocycles. The number of amides is 2. The summed E-state index contributed by atoms with van der Waals surface area (Å²) in [5, 5.41) is 5.65. The van der Waals surface area contributed by atoms with Crippen LogP contribution in [0.25, 0.3) is 0 Å². The van der Waals surface area contributed by atoms with Gasteiger partial charge >= 0.3 is 0 Å². The molecule has 0 unspecified atom stereocenters. The van der Waals surface area contributed by atoms with E-state index in [-0.39, 0.29) is 11.8 Å². The molecule has 4 N–H and O–H groups in total. The molecule has 2 amide bonds. The predicted octanol–water partition coefficient (Wildman–Crippen LogP) is 0.733. The molecule has 1 saturated carbocycles. The lowest BCUT2D eigenvalue weighted by Crippen LogP contribution is -2.32. The van der Waals surface area contributed by atoms with Crippen LogP contribution < -0.4 is 21.3 Å². The molecule has 21 heavy (non-hydrogen) atoms. The number of nitrogen functional groups attached to an aromatic ring is 1. The normalized spacial score (nSPS) is 13.6. The van der Waals surface area contributed by atoms with Crippen molar-refractivity contribution in [1.82, 2.24) is 10.6 Å². The van der Waals surface area contributed by atoms with E-state index in [9.17, 15) is 9.59 Å². The van der Waals surface area contributed by atoms with Gasteiger partial charge in [0.1, 0.15) is 0 Å². The first-order valence-electron chi connectivity index (χ1n) is 7.12. The molecule has 1 aromatic rings. The third-order valence-corrected chi connectivity index (χ3v) is 3.33. The van der Waals surface area contributed by atoms with E-state index in [0.717, 1.165) is 18.5 Å². The van der Waals surface area contributed by atoms with Crippen molar-refractivity contribution < 1.29 is 9.59 Å². The number of carbonyl (C=O) groups is 2. The Hall–Kier alpha value is -2.24. The van der Waals surface area contributed by atoms with Crippen molar-refractivity contribution in [1.29, 1.82) is 0 Å². The molecule has 1 aliphatic rings. The lowest BCUT2D eigenvalue weighted by Gasteiger charge is -2.17. The minimum Gasteiger partial charge on any atom is -0.399 e. The number of hydrogen-bond acceptors (Lipinski definition) is 4. The Balaban J connectivity index is 1.90. The third-order valence-electron chi connectivity index (χ3n) is 3.33. The highest BCUT2D eigenvalue weighted by Crippen LogP contribution is 2.21. The van der Waals surface area contributed by atoms with Gasteiger partial charge in [0.05, 0.1) is 5.56 Å². The summed E-state index contributed by atoms with van der Waals surface area (Å²) in [5.74, 6) is -0.233. The predicted molar refractivity (Wildman–Crippen MR) is 83.3 cm³/mol. The summed E-state index contributed by atoms with van der Waals surface area (Å²) >= 11 is 0. The number of nitrogens with two attached hydrogens (primary N) is 1. The fraction of sp³-hybridized carbons (Fsp3) is 0.467. The number of carbonyl (C=O) groups excluding carboxylic acids is 2. The molecular formula is C15H22N4O2. The van der Waals surface area contributed by atoms with Gasteiger partial charge in [0.25, 0.3) is 5.91 Å². The molecule has 0 aliphatic heterocycles. The van der Waals surface area contributed by atoms with Gasteiger partial charge in [-0.05, 0) is 31.0 Å².